The third-order valence-corrected chi connectivity index (χ3v) is 6.21. The summed E-state index contributed by atoms with van der Waals surface area (Å²) in [6, 6.07) is 8.38. The molecule has 1 heterocycles. The Bertz CT molecular complexity index is 632. The molecule has 0 spiro atoms. The van der Waals surface area contributed by atoms with Gasteiger partial charge in [-0.05, 0) is 48.3 Å². The summed E-state index contributed by atoms with van der Waals surface area (Å²) < 4.78 is 5.79. The highest BCUT2D eigenvalue weighted by atomic mass is 16.5. The molecule has 1 unspecified atom stereocenters. The molecule has 2 fully saturated rings. The van der Waals surface area contributed by atoms with E-state index in [1.54, 1.807) is 0 Å². The zero-order valence-corrected chi connectivity index (χ0v) is 16.8. The van der Waals surface area contributed by atoms with Crippen LogP contribution in [0.5, 0.6) is 5.75 Å². The molecule has 0 radical (unpaired) electrons. The first-order chi connectivity index (χ1) is 12.2. The summed E-state index contributed by atoms with van der Waals surface area (Å²) >= 11 is 0. The second kappa shape index (κ2) is 7.22. The minimum atomic E-state index is -0.339. The highest BCUT2D eigenvalue weighted by molar-refractivity contribution is 5.89. The number of hydrogen-bond donors (Lipinski definition) is 1. The average Bonchev–Trinajstić information content (AvgIpc) is 2.55. The summed E-state index contributed by atoms with van der Waals surface area (Å²) in [4.78, 5) is 15.5. The van der Waals surface area contributed by atoms with Gasteiger partial charge in [-0.2, -0.15) is 0 Å². The number of carbonyl (C=O) groups excluding carboxylic acids is 1. The average molecular weight is 359 g/mol. The van der Waals surface area contributed by atoms with Gasteiger partial charge >= 0.3 is 0 Å². The third-order valence-electron chi connectivity index (χ3n) is 6.21. The van der Waals surface area contributed by atoms with Gasteiger partial charge in [0.25, 0.3) is 0 Å². The minimum absolute atomic E-state index is 0.0204. The SMILES string of the molecule is CC(C)COc1ccc(C2(C(=O)N3CCC(N)C(C)(C)C3)CCC2)cc1. The molecule has 1 aromatic rings. The maximum Gasteiger partial charge on any atom is 0.233 e. The Labute approximate surface area is 158 Å². The number of ether oxygens (including phenoxy) is 1. The van der Waals surface area contributed by atoms with Crippen molar-refractivity contribution in [2.45, 2.75) is 64.8 Å². The summed E-state index contributed by atoms with van der Waals surface area (Å²) in [6.07, 6.45) is 3.90. The Kier molecular flexibility index (Phi) is 5.34. The van der Waals surface area contributed by atoms with Crippen LogP contribution in [0, 0.1) is 11.3 Å². The molecule has 1 aliphatic heterocycles. The largest absolute Gasteiger partial charge is 0.493 e. The van der Waals surface area contributed by atoms with Crippen molar-refractivity contribution in [2.24, 2.45) is 17.1 Å². The van der Waals surface area contributed by atoms with Gasteiger partial charge < -0.3 is 15.4 Å². The molecule has 0 aromatic heterocycles. The smallest absolute Gasteiger partial charge is 0.233 e. The minimum Gasteiger partial charge on any atom is -0.493 e. The lowest BCUT2D eigenvalue weighted by Gasteiger charge is -2.49. The molecule has 4 nitrogen and oxygen atoms in total. The molecule has 0 bridgehead atoms. The lowest BCUT2D eigenvalue weighted by molar-refractivity contribution is -0.144. The van der Waals surface area contributed by atoms with Crippen molar-refractivity contribution in [3.8, 4) is 5.75 Å². The number of likely N-dealkylation sites (tertiary alicyclic amines) is 1. The van der Waals surface area contributed by atoms with E-state index in [2.05, 4.69) is 44.7 Å². The van der Waals surface area contributed by atoms with Gasteiger partial charge in [0.1, 0.15) is 5.75 Å². The van der Waals surface area contributed by atoms with E-state index in [1.807, 2.05) is 12.1 Å². The van der Waals surface area contributed by atoms with Gasteiger partial charge in [0.15, 0.2) is 0 Å². The van der Waals surface area contributed by atoms with E-state index in [0.717, 1.165) is 50.1 Å². The summed E-state index contributed by atoms with van der Waals surface area (Å²) in [5, 5.41) is 0. The molecule has 26 heavy (non-hydrogen) atoms. The van der Waals surface area contributed by atoms with Crippen LogP contribution < -0.4 is 10.5 Å². The second-order valence-corrected chi connectivity index (χ2v) is 9.28. The van der Waals surface area contributed by atoms with Crippen LogP contribution in [0.4, 0.5) is 0 Å². The number of nitrogens with zero attached hydrogens (tertiary/aromatic N) is 1. The molecule has 2 aliphatic rings. The maximum atomic E-state index is 13.5. The van der Waals surface area contributed by atoms with Crippen LogP contribution in [0.1, 0.15) is 58.9 Å². The van der Waals surface area contributed by atoms with E-state index in [9.17, 15) is 4.79 Å². The quantitative estimate of drug-likeness (QED) is 0.872. The van der Waals surface area contributed by atoms with E-state index >= 15 is 0 Å². The van der Waals surface area contributed by atoms with Gasteiger partial charge in [0.2, 0.25) is 5.91 Å². The normalized spacial score (nSPS) is 24.2. The van der Waals surface area contributed by atoms with Crippen LogP contribution in [0.25, 0.3) is 0 Å². The first-order valence-electron chi connectivity index (χ1n) is 10.0. The summed E-state index contributed by atoms with van der Waals surface area (Å²) in [5.41, 5.74) is 7.03. The van der Waals surface area contributed by atoms with Gasteiger partial charge in [0.05, 0.1) is 12.0 Å². The first-order valence-corrected chi connectivity index (χ1v) is 10.0. The number of rotatable bonds is 5. The summed E-state index contributed by atoms with van der Waals surface area (Å²) in [6.45, 7) is 10.9. The molecule has 1 saturated carbocycles. The first kappa shape index (κ1) is 19.2. The molecule has 2 N–H and O–H groups in total. The number of nitrogens with two attached hydrogens (primary N) is 1. The van der Waals surface area contributed by atoms with E-state index in [-0.39, 0.29) is 16.9 Å². The molecule has 1 aliphatic carbocycles. The Morgan fingerprint density at radius 3 is 2.42 bits per heavy atom. The molecule has 1 aromatic carbocycles. The topological polar surface area (TPSA) is 55.6 Å². The van der Waals surface area contributed by atoms with Gasteiger partial charge in [-0.3, -0.25) is 4.79 Å². The summed E-state index contributed by atoms with van der Waals surface area (Å²) in [7, 11) is 0. The van der Waals surface area contributed by atoms with Gasteiger partial charge in [0, 0.05) is 19.1 Å². The predicted molar refractivity (Wildman–Crippen MR) is 105 cm³/mol. The van der Waals surface area contributed by atoms with Gasteiger partial charge in [-0.25, -0.2) is 0 Å². The molecular weight excluding hydrogens is 324 g/mol. The number of hydrogen-bond acceptors (Lipinski definition) is 3. The predicted octanol–water partition coefficient (Wildman–Crippen LogP) is 3.73. The second-order valence-electron chi connectivity index (χ2n) is 9.28. The number of piperidine rings is 1. The standard InChI is InChI=1S/C22H34N2O2/c1-16(2)14-26-18-8-6-17(7-9-18)22(11-5-12-22)20(25)24-13-10-19(23)21(3,4)15-24/h6-9,16,19H,5,10-15,23H2,1-4H3. The Hall–Kier alpha value is -1.55. The molecule has 1 amide bonds. The van der Waals surface area contributed by atoms with E-state index in [0.29, 0.717) is 18.4 Å². The van der Waals surface area contributed by atoms with Crippen molar-refractivity contribution in [3.05, 3.63) is 29.8 Å². The van der Waals surface area contributed by atoms with Crippen LogP contribution >= 0.6 is 0 Å². The van der Waals surface area contributed by atoms with E-state index < -0.39 is 0 Å². The van der Waals surface area contributed by atoms with Crippen LogP contribution in [-0.4, -0.2) is 36.5 Å². The fourth-order valence-corrected chi connectivity index (χ4v) is 4.14. The third kappa shape index (κ3) is 3.62. The monoisotopic (exact) mass is 358 g/mol. The molecular formula is C22H34N2O2. The highest BCUT2D eigenvalue weighted by Crippen LogP contribution is 2.46. The number of amides is 1. The molecule has 3 rings (SSSR count). The number of carbonyl (C=O) groups is 1. The van der Waals surface area contributed by atoms with Crippen molar-refractivity contribution < 1.29 is 9.53 Å². The Balaban J connectivity index is 1.75. The zero-order valence-electron chi connectivity index (χ0n) is 16.8. The molecule has 4 heteroatoms. The fraction of sp³-hybridized carbons (Fsp3) is 0.682. The Morgan fingerprint density at radius 2 is 1.92 bits per heavy atom. The fourth-order valence-electron chi connectivity index (χ4n) is 4.14. The lowest BCUT2D eigenvalue weighted by atomic mass is 9.63. The lowest BCUT2D eigenvalue weighted by Crippen LogP contribution is -2.59. The summed E-state index contributed by atoms with van der Waals surface area (Å²) in [5.74, 6) is 1.68. The molecule has 1 atom stereocenters. The Morgan fingerprint density at radius 1 is 1.27 bits per heavy atom. The van der Waals surface area contributed by atoms with Crippen molar-refractivity contribution in [2.75, 3.05) is 19.7 Å². The molecule has 1 saturated heterocycles. The van der Waals surface area contributed by atoms with E-state index in [1.165, 1.54) is 0 Å². The van der Waals surface area contributed by atoms with Crippen molar-refractivity contribution in [1.29, 1.82) is 0 Å². The van der Waals surface area contributed by atoms with Crippen LogP contribution in [0.2, 0.25) is 0 Å². The maximum absolute atomic E-state index is 13.5. The van der Waals surface area contributed by atoms with E-state index in [4.69, 9.17) is 10.5 Å². The number of benzene rings is 1. The van der Waals surface area contributed by atoms with Crippen LogP contribution in [-0.2, 0) is 10.2 Å². The van der Waals surface area contributed by atoms with Crippen LogP contribution in [0.15, 0.2) is 24.3 Å². The zero-order chi connectivity index (χ0) is 18.9. The van der Waals surface area contributed by atoms with Gasteiger partial charge in [-0.15, -0.1) is 0 Å². The van der Waals surface area contributed by atoms with Crippen molar-refractivity contribution >= 4 is 5.91 Å². The van der Waals surface area contributed by atoms with Gasteiger partial charge in [-0.1, -0.05) is 46.2 Å². The highest BCUT2D eigenvalue weighted by Gasteiger charge is 2.49. The van der Waals surface area contributed by atoms with Crippen LogP contribution in [0.3, 0.4) is 0 Å². The van der Waals surface area contributed by atoms with Crippen molar-refractivity contribution in [3.63, 3.8) is 0 Å². The molecule has 144 valence electrons. The van der Waals surface area contributed by atoms with Crippen molar-refractivity contribution in [1.82, 2.24) is 4.90 Å².